The Hall–Kier alpha value is -10.6. The number of benzene rings is 6. The van der Waals surface area contributed by atoms with Gasteiger partial charge in [-0.05, 0) is 230 Å². The zero-order valence-electron chi connectivity index (χ0n) is 61.7. The molecule has 108 heavy (non-hydrogen) atoms. The molecule has 11 aliphatic rings. The summed E-state index contributed by atoms with van der Waals surface area (Å²) in [5.41, 5.74) is 7.93. The first-order valence-corrected chi connectivity index (χ1v) is 34.0. The Kier molecular flexibility index (Phi) is 36.5. The summed E-state index contributed by atoms with van der Waals surface area (Å²) in [7, 11) is 2.00. The summed E-state index contributed by atoms with van der Waals surface area (Å²) >= 11 is 0. The van der Waals surface area contributed by atoms with Gasteiger partial charge in [0.1, 0.15) is 11.4 Å². The Labute approximate surface area is 636 Å². The number of hydrogen-bond donors (Lipinski definition) is 10. The van der Waals surface area contributed by atoms with E-state index in [1.807, 2.05) is 42.5 Å². The largest absolute Gasteiger partial charge is 1.00 e. The van der Waals surface area contributed by atoms with Crippen LogP contribution in [-0.4, -0.2) is 125 Å². The standard InChI is InChI=1S/C14H14O4.C14H16O2.4C10H12O2.C4H6O.5CO2.2CH4O.Li.H2O/c15-9-16-13(6-7-13)10-2-3-11-12(8-10)18-14(17-11)4-1-5-14;1-13(7-8-13)10-3-4-11-12(9-10)16-14(15-11)5-2-6-14;4*1-10(4-5-10)7-2-3-8(11)9(12)6-7;5-4-2-1-3-4;5*2-1-3;2*1-2;;/h2-3,8-9H,1,4-7H2;3-4,9H,2,5-8H2,1H3;4*2-3,6,11-12H,4-5H2,1H3;1-3H2;;;;;;2*2H,1H3;;1H2/q;;;;;;;;;;;;;;+1;/p-1. The Morgan fingerprint density at radius 2 is 0.537 bits per heavy atom. The van der Waals surface area contributed by atoms with E-state index in [2.05, 4.69) is 52.8 Å². The summed E-state index contributed by atoms with van der Waals surface area (Å²) < 4.78 is 28.8. The number of carbonyl (C=O) groups excluding carboxylic acids is 12. The number of rotatable bonds is 8. The van der Waals surface area contributed by atoms with E-state index < -0.39 is 11.4 Å². The molecule has 2 aliphatic heterocycles. The van der Waals surface area contributed by atoms with E-state index in [-0.39, 0.29) is 129 Å². The molecule has 28 nitrogen and oxygen atoms in total. The van der Waals surface area contributed by atoms with Gasteiger partial charge in [0, 0.05) is 52.7 Å². The predicted octanol–water partition coefficient (Wildman–Crippen LogP) is 8.35. The van der Waals surface area contributed by atoms with Crippen LogP contribution in [0.3, 0.4) is 0 Å². The first-order chi connectivity index (χ1) is 50.4. The van der Waals surface area contributed by atoms with Crippen LogP contribution < -0.4 is 37.8 Å². The summed E-state index contributed by atoms with van der Waals surface area (Å²) in [6, 6.07) is 32.7. The van der Waals surface area contributed by atoms with Gasteiger partial charge in [-0.1, -0.05) is 71.0 Å². The van der Waals surface area contributed by atoms with E-state index in [4.69, 9.17) is 102 Å². The fraction of sp³-hybridized carbons (Fsp3) is 0.456. The van der Waals surface area contributed by atoms with E-state index in [0.29, 0.717) is 17.7 Å². The van der Waals surface area contributed by atoms with Gasteiger partial charge in [0.25, 0.3) is 18.0 Å². The van der Waals surface area contributed by atoms with E-state index >= 15 is 0 Å². The number of phenols is 8. The van der Waals surface area contributed by atoms with Crippen molar-refractivity contribution in [1.82, 2.24) is 0 Å². The second-order valence-electron chi connectivity index (χ2n) is 27.9. The van der Waals surface area contributed by atoms with Crippen molar-refractivity contribution in [3.63, 3.8) is 0 Å². The van der Waals surface area contributed by atoms with Crippen LogP contribution in [0.2, 0.25) is 0 Å². The Bertz CT molecular complexity index is 3750. The minimum Gasteiger partial charge on any atom is -0.870 e. The maximum Gasteiger partial charge on any atom is 1.00 e. The second-order valence-corrected chi connectivity index (χ2v) is 27.9. The quantitative estimate of drug-likeness (QED) is 0.0388. The van der Waals surface area contributed by atoms with Gasteiger partial charge in [0.2, 0.25) is 0 Å². The van der Waals surface area contributed by atoms with Crippen molar-refractivity contribution in [3.8, 4) is 69.0 Å². The Balaban J connectivity index is 0.000000416. The SMILES string of the molecule is CC1(c2ccc(O)c(O)c2)CC1.CC1(c2ccc(O)c(O)c2)CC1.CC1(c2ccc(O)c(O)c2)CC1.CC1(c2ccc(O)c(O)c2)CC1.CC1(c2ccc3c(c2)OC2(CCC2)O3)CC1.CO.CO.O=C1CCC1.O=C=O.O=C=O.O=C=O.O=C=O.O=C=O.O=COC1(c2ccc3c(c2)OC2(CCC2)O3)CC1.[Li+].[OH-]. The third-order valence-corrected chi connectivity index (χ3v) is 20.1. The Morgan fingerprint density at radius 1 is 0.324 bits per heavy atom. The molecule has 9 saturated carbocycles. The van der Waals surface area contributed by atoms with Crippen molar-refractivity contribution in [2.24, 2.45) is 0 Å². The van der Waals surface area contributed by atoms with Gasteiger partial charge < -0.3 is 80.2 Å². The van der Waals surface area contributed by atoms with Crippen LogP contribution in [0.1, 0.15) is 203 Å². The number of aliphatic hydroxyl groups excluding tert-OH is 2. The molecule has 0 bridgehead atoms. The number of ether oxygens (including phenoxy) is 5. The van der Waals surface area contributed by atoms with Crippen LogP contribution in [0.15, 0.2) is 109 Å². The summed E-state index contributed by atoms with van der Waals surface area (Å²) in [4.78, 5) is 102. The molecule has 6 aromatic carbocycles. The fourth-order valence-corrected chi connectivity index (χ4v) is 11.2. The van der Waals surface area contributed by atoms with Crippen LogP contribution in [0.25, 0.3) is 0 Å². The average molecular weight is 1500 g/mol. The molecule has 578 valence electrons. The van der Waals surface area contributed by atoms with Crippen molar-refractivity contribution < 1.29 is 157 Å². The number of carbonyl (C=O) groups is 2. The van der Waals surface area contributed by atoms with Gasteiger partial charge in [-0.3, -0.25) is 9.59 Å². The number of hydrogen-bond acceptors (Lipinski definition) is 28. The summed E-state index contributed by atoms with van der Waals surface area (Å²) in [6.45, 7) is 11.5. The minimum atomic E-state index is -0.407. The Morgan fingerprint density at radius 3 is 0.722 bits per heavy atom. The smallest absolute Gasteiger partial charge is 0.870 e. The molecule has 9 aliphatic carbocycles. The van der Waals surface area contributed by atoms with Crippen LogP contribution in [0, 0.1) is 0 Å². The molecule has 2 heterocycles. The number of phenolic OH excluding ortho intramolecular Hbond substituents is 8. The molecular weight excluding hydrogens is 1400 g/mol. The minimum absolute atomic E-state index is 0. The van der Waals surface area contributed by atoms with Gasteiger partial charge in [-0.2, -0.15) is 47.9 Å². The number of aliphatic hydroxyl groups is 2. The number of ketones is 1. The summed E-state index contributed by atoms with van der Waals surface area (Å²) in [6.07, 6.45) is 24.2. The molecule has 11 N–H and O–H groups in total. The number of aromatic hydroxyl groups is 8. The van der Waals surface area contributed by atoms with Crippen LogP contribution in [0.5, 0.6) is 69.0 Å². The fourth-order valence-electron chi connectivity index (χ4n) is 11.2. The molecule has 0 amide bonds. The van der Waals surface area contributed by atoms with Crippen molar-refractivity contribution in [2.45, 2.75) is 214 Å². The van der Waals surface area contributed by atoms with Gasteiger partial charge in [-0.25, -0.2) is 0 Å². The van der Waals surface area contributed by atoms with Crippen LogP contribution in [0.4, 0.5) is 0 Å². The summed E-state index contributed by atoms with van der Waals surface area (Å²) in [5, 5.41) is 87.3. The summed E-state index contributed by atoms with van der Waals surface area (Å²) in [5.74, 6) is 3.03. The normalized spacial score (nSPS) is 18.0. The van der Waals surface area contributed by atoms with Gasteiger partial charge >= 0.3 is 49.6 Å². The third kappa shape index (κ3) is 26.4. The zero-order valence-corrected chi connectivity index (χ0v) is 61.7. The third-order valence-electron chi connectivity index (χ3n) is 20.1. The van der Waals surface area contributed by atoms with Gasteiger partial charge in [0.05, 0.1) is 0 Å². The van der Waals surface area contributed by atoms with Crippen molar-refractivity contribution >= 4 is 43.0 Å². The number of fused-ring (bicyclic) bond motifs is 2. The molecule has 0 saturated heterocycles. The first kappa shape index (κ1) is 93.5. The molecule has 6 aromatic rings. The van der Waals surface area contributed by atoms with Crippen LogP contribution in [-0.2, 0) is 94.9 Å². The van der Waals surface area contributed by atoms with E-state index in [0.717, 1.165) is 129 Å². The maximum absolute atomic E-state index is 10.5. The maximum atomic E-state index is 10.5. The molecule has 2 spiro atoms. The molecule has 17 rings (SSSR count). The molecule has 0 radical (unpaired) electrons. The van der Waals surface area contributed by atoms with Crippen LogP contribution >= 0.6 is 0 Å². The van der Waals surface area contributed by atoms with Crippen molar-refractivity contribution in [3.05, 3.63) is 143 Å². The van der Waals surface area contributed by atoms with Gasteiger partial charge in [-0.15, -0.1) is 0 Å². The average Bonchev–Trinajstić information content (AvgIpc) is 1.60. The first-order valence-electron chi connectivity index (χ1n) is 34.0. The topological polar surface area (TPSA) is 483 Å². The molecule has 0 aromatic heterocycles. The molecule has 0 unspecified atom stereocenters. The monoisotopic (exact) mass is 1500 g/mol. The predicted molar refractivity (Wildman–Crippen MR) is 371 cm³/mol. The van der Waals surface area contributed by atoms with Crippen molar-refractivity contribution in [2.75, 3.05) is 14.2 Å². The van der Waals surface area contributed by atoms with E-state index in [9.17, 15) is 30.0 Å². The number of Topliss-reactive ketones (excluding diaryl/α,β-unsaturated/α-hetero) is 1. The zero-order chi connectivity index (χ0) is 79.3. The van der Waals surface area contributed by atoms with Crippen molar-refractivity contribution in [1.29, 1.82) is 0 Å². The molecular formula is C79H93LiO28. The second kappa shape index (κ2) is 42.1. The van der Waals surface area contributed by atoms with Gasteiger partial charge in [0.15, 0.2) is 69.0 Å². The molecule has 29 heteroatoms. The molecule has 0 atom stereocenters. The molecule has 9 fully saturated rings. The van der Waals surface area contributed by atoms with E-state index in [1.165, 1.54) is 76.2 Å². The van der Waals surface area contributed by atoms with E-state index in [1.54, 1.807) is 48.5 Å².